The molecule has 0 radical (unpaired) electrons. The zero-order chi connectivity index (χ0) is 14.8. The third kappa shape index (κ3) is 3.55. The molecule has 0 spiro atoms. The normalized spacial score (nSPS) is 33.3. The highest BCUT2D eigenvalue weighted by atomic mass is 15.2. The van der Waals surface area contributed by atoms with E-state index in [2.05, 4.69) is 37.5 Å². The summed E-state index contributed by atoms with van der Waals surface area (Å²) >= 11 is 0. The van der Waals surface area contributed by atoms with E-state index >= 15 is 0 Å². The predicted molar refractivity (Wildman–Crippen MR) is 86.9 cm³/mol. The maximum Gasteiger partial charge on any atom is 0.0344 e. The zero-order valence-electron chi connectivity index (χ0n) is 14.1. The summed E-state index contributed by atoms with van der Waals surface area (Å²) in [5.41, 5.74) is 7.07. The van der Waals surface area contributed by atoms with Crippen molar-refractivity contribution in [3.63, 3.8) is 0 Å². The fourth-order valence-corrected chi connectivity index (χ4v) is 3.95. The summed E-state index contributed by atoms with van der Waals surface area (Å²) < 4.78 is 0. The van der Waals surface area contributed by atoms with Crippen LogP contribution in [0.15, 0.2) is 0 Å². The van der Waals surface area contributed by atoms with E-state index < -0.39 is 0 Å². The molecule has 0 aromatic heterocycles. The summed E-state index contributed by atoms with van der Waals surface area (Å²) in [6.07, 6.45) is 6.48. The van der Waals surface area contributed by atoms with Gasteiger partial charge in [0.25, 0.3) is 0 Å². The minimum atomic E-state index is 0.278. The highest BCUT2D eigenvalue weighted by Crippen LogP contribution is 2.36. The van der Waals surface area contributed by atoms with E-state index in [0.29, 0.717) is 11.5 Å². The van der Waals surface area contributed by atoms with Crippen LogP contribution in [-0.4, -0.2) is 54.1 Å². The van der Waals surface area contributed by atoms with Gasteiger partial charge in [-0.05, 0) is 71.0 Å². The van der Waals surface area contributed by atoms with Crippen molar-refractivity contribution in [3.05, 3.63) is 0 Å². The topological polar surface area (TPSA) is 32.5 Å². The van der Waals surface area contributed by atoms with E-state index in [9.17, 15) is 0 Å². The van der Waals surface area contributed by atoms with Crippen LogP contribution in [0.4, 0.5) is 0 Å². The van der Waals surface area contributed by atoms with Crippen molar-refractivity contribution >= 4 is 0 Å². The van der Waals surface area contributed by atoms with Gasteiger partial charge in [0, 0.05) is 24.7 Å². The van der Waals surface area contributed by atoms with Gasteiger partial charge < -0.3 is 10.6 Å². The molecule has 0 saturated carbocycles. The van der Waals surface area contributed by atoms with Crippen LogP contribution in [0, 0.1) is 5.41 Å². The first-order valence-electron chi connectivity index (χ1n) is 8.58. The lowest BCUT2D eigenvalue weighted by molar-refractivity contribution is 0.0224. The average Bonchev–Trinajstić information content (AvgIpc) is 2.62. The highest BCUT2D eigenvalue weighted by molar-refractivity contribution is 4.97. The van der Waals surface area contributed by atoms with Crippen molar-refractivity contribution in [2.75, 3.05) is 32.7 Å². The highest BCUT2D eigenvalue weighted by Gasteiger charge is 2.40. The fourth-order valence-electron chi connectivity index (χ4n) is 3.95. The molecule has 3 nitrogen and oxygen atoms in total. The molecule has 2 aliphatic heterocycles. The molecule has 1 unspecified atom stereocenters. The Bertz CT molecular complexity index is 303. The van der Waals surface area contributed by atoms with Crippen molar-refractivity contribution in [2.24, 2.45) is 11.1 Å². The van der Waals surface area contributed by atoms with E-state index in [4.69, 9.17) is 5.73 Å². The maximum absolute atomic E-state index is 6.27. The first-order valence-corrected chi connectivity index (χ1v) is 8.58. The van der Waals surface area contributed by atoms with Gasteiger partial charge in [0.2, 0.25) is 0 Å². The molecule has 0 aliphatic carbocycles. The van der Waals surface area contributed by atoms with Crippen molar-refractivity contribution in [2.45, 2.75) is 71.4 Å². The predicted octanol–water partition coefficient (Wildman–Crippen LogP) is 2.70. The molecular weight excluding hydrogens is 246 g/mol. The fraction of sp³-hybridized carbons (Fsp3) is 1.00. The molecule has 2 fully saturated rings. The standard InChI is InChI=1S/C17H35N3/c1-15(2)19-10-5-6-17(14-18,9-11-19)20-12-7-16(3,4)8-13-20/h15H,5-14,18H2,1-4H3. The van der Waals surface area contributed by atoms with Gasteiger partial charge in [0.1, 0.15) is 0 Å². The van der Waals surface area contributed by atoms with Gasteiger partial charge in [-0.15, -0.1) is 0 Å². The van der Waals surface area contributed by atoms with Crippen LogP contribution in [0.1, 0.15) is 59.8 Å². The van der Waals surface area contributed by atoms with E-state index in [0.717, 1.165) is 6.54 Å². The molecule has 0 bridgehead atoms. The van der Waals surface area contributed by atoms with Gasteiger partial charge in [-0.3, -0.25) is 4.90 Å². The second kappa shape index (κ2) is 6.33. The molecule has 2 aliphatic rings. The SMILES string of the molecule is CC(C)N1CCCC(CN)(N2CCC(C)(C)CC2)CC1. The number of hydrogen-bond acceptors (Lipinski definition) is 3. The van der Waals surface area contributed by atoms with Crippen LogP contribution in [0.5, 0.6) is 0 Å². The Balaban J connectivity index is 2.02. The van der Waals surface area contributed by atoms with Crippen LogP contribution in [-0.2, 0) is 0 Å². The molecule has 0 amide bonds. The van der Waals surface area contributed by atoms with Crippen LogP contribution in [0.2, 0.25) is 0 Å². The number of likely N-dealkylation sites (tertiary alicyclic amines) is 2. The molecule has 3 heteroatoms. The minimum absolute atomic E-state index is 0.278. The Morgan fingerprint density at radius 2 is 1.60 bits per heavy atom. The van der Waals surface area contributed by atoms with Gasteiger partial charge in [0.15, 0.2) is 0 Å². The molecule has 1 atom stereocenters. The first kappa shape index (κ1) is 16.3. The van der Waals surface area contributed by atoms with E-state index in [1.165, 1.54) is 58.3 Å². The Morgan fingerprint density at radius 1 is 0.950 bits per heavy atom. The zero-order valence-corrected chi connectivity index (χ0v) is 14.1. The summed E-state index contributed by atoms with van der Waals surface area (Å²) in [7, 11) is 0. The van der Waals surface area contributed by atoms with Crippen molar-refractivity contribution in [1.82, 2.24) is 9.80 Å². The Morgan fingerprint density at radius 3 is 2.15 bits per heavy atom. The number of nitrogens with two attached hydrogens (primary N) is 1. The summed E-state index contributed by atoms with van der Waals surface area (Å²) in [5.74, 6) is 0. The number of hydrogen-bond donors (Lipinski definition) is 1. The lowest BCUT2D eigenvalue weighted by atomic mass is 9.79. The van der Waals surface area contributed by atoms with E-state index in [1.54, 1.807) is 0 Å². The van der Waals surface area contributed by atoms with Crippen molar-refractivity contribution in [1.29, 1.82) is 0 Å². The summed E-state index contributed by atoms with van der Waals surface area (Å²) in [5, 5.41) is 0. The molecule has 0 aromatic carbocycles. The number of nitrogens with zero attached hydrogens (tertiary/aromatic N) is 2. The second-order valence-electron chi connectivity index (χ2n) is 8.06. The van der Waals surface area contributed by atoms with Gasteiger partial charge in [-0.1, -0.05) is 13.8 Å². The van der Waals surface area contributed by atoms with E-state index in [-0.39, 0.29) is 5.54 Å². The van der Waals surface area contributed by atoms with Gasteiger partial charge in [-0.2, -0.15) is 0 Å². The number of rotatable bonds is 3. The quantitative estimate of drug-likeness (QED) is 0.863. The molecular formula is C17H35N3. The lowest BCUT2D eigenvalue weighted by Crippen LogP contribution is -2.57. The Hall–Kier alpha value is -0.120. The van der Waals surface area contributed by atoms with Crippen molar-refractivity contribution in [3.8, 4) is 0 Å². The largest absolute Gasteiger partial charge is 0.329 e. The third-order valence-electron chi connectivity index (χ3n) is 5.85. The lowest BCUT2D eigenvalue weighted by Gasteiger charge is -2.48. The van der Waals surface area contributed by atoms with Crippen molar-refractivity contribution < 1.29 is 0 Å². The molecule has 2 N–H and O–H groups in total. The monoisotopic (exact) mass is 281 g/mol. The molecule has 0 aromatic rings. The Labute approximate surface area is 125 Å². The first-order chi connectivity index (χ1) is 9.38. The smallest absolute Gasteiger partial charge is 0.0344 e. The van der Waals surface area contributed by atoms with E-state index in [1.807, 2.05) is 0 Å². The molecule has 2 saturated heterocycles. The maximum atomic E-state index is 6.27. The van der Waals surface area contributed by atoms with Gasteiger partial charge in [-0.25, -0.2) is 0 Å². The Kier molecular flexibility index (Phi) is 5.14. The molecule has 2 rings (SSSR count). The second-order valence-corrected chi connectivity index (χ2v) is 8.06. The molecule has 118 valence electrons. The molecule has 2 heterocycles. The van der Waals surface area contributed by atoms with Crippen LogP contribution in [0.25, 0.3) is 0 Å². The van der Waals surface area contributed by atoms with Crippen LogP contribution >= 0.6 is 0 Å². The van der Waals surface area contributed by atoms with Crippen LogP contribution < -0.4 is 5.73 Å². The van der Waals surface area contributed by atoms with Gasteiger partial charge >= 0.3 is 0 Å². The number of piperidine rings is 1. The third-order valence-corrected chi connectivity index (χ3v) is 5.85. The summed E-state index contributed by atoms with van der Waals surface area (Å²) in [4.78, 5) is 5.37. The van der Waals surface area contributed by atoms with Gasteiger partial charge in [0.05, 0.1) is 0 Å². The average molecular weight is 281 g/mol. The molecule has 20 heavy (non-hydrogen) atoms. The summed E-state index contributed by atoms with van der Waals surface area (Å²) in [6, 6.07) is 0.670. The van der Waals surface area contributed by atoms with Crippen LogP contribution in [0.3, 0.4) is 0 Å². The minimum Gasteiger partial charge on any atom is -0.329 e. The summed E-state index contributed by atoms with van der Waals surface area (Å²) in [6.45, 7) is 15.2.